The summed E-state index contributed by atoms with van der Waals surface area (Å²) >= 11 is 0. The molecule has 0 fully saturated rings. The number of nitrogens with two attached hydrogens (primary N) is 1. The summed E-state index contributed by atoms with van der Waals surface area (Å²) in [4.78, 5) is 0. The molecule has 19 heavy (non-hydrogen) atoms. The van der Waals surface area contributed by atoms with Crippen molar-refractivity contribution >= 4 is 15.9 Å². The summed E-state index contributed by atoms with van der Waals surface area (Å²) < 4.78 is 24.5. The molecule has 0 aliphatic heterocycles. The maximum absolute atomic E-state index is 11.1. The van der Waals surface area contributed by atoms with Gasteiger partial charge in [-0.15, -0.1) is 0 Å². The van der Waals surface area contributed by atoms with Crippen molar-refractivity contribution in [3.63, 3.8) is 0 Å². The molecular formula is C13H11N3O2S. The van der Waals surface area contributed by atoms with E-state index in [0.29, 0.717) is 22.4 Å². The lowest BCUT2D eigenvalue weighted by Gasteiger charge is -2.11. The Morgan fingerprint density at radius 1 is 1.00 bits per heavy atom. The summed E-state index contributed by atoms with van der Waals surface area (Å²) in [5.41, 5.74) is 2.06. The van der Waals surface area contributed by atoms with Crippen LogP contribution in [0.5, 0.6) is 0 Å². The van der Waals surface area contributed by atoms with Crippen molar-refractivity contribution in [3.05, 3.63) is 54.1 Å². The Bertz CT molecular complexity index is 748. The second-order valence-electron chi connectivity index (χ2n) is 3.85. The average Bonchev–Trinajstić information content (AvgIpc) is 2.37. The number of rotatable bonds is 3. The minimum atomic E-state index is -3.86. The molecule has 0 saturated heterocycles. The van der Waals surface area contributed by atoms with Crippen molar-refractivity contribution in [2.24, 2.45) is 5.14 Å². The second kappa shape index (κ2) is 5.10. The van der Waals surface area contributed by atoms with E-state index in [1.807, 2.05) is 0 Å². The molecule has 0 atom stereocenters. The summed E-state index contributed by atoms with van der Waals surface area (Å²) in [5.74, 6) is 0. The number of nitrogens with zero attached hydrogens (tertiary/aromatic N) is 1. The van der Waals surface area contributed by atoms with E-state index >= 15 is 0 Å². The van der Waals surface area contributed by atoms with Gasteiger partial charge in [0.15, 0.2) is 0 Å². The Hall–Kier alpha value is -2.36. The second-order valence-corrected chi connectivity index (χ2v) is 5.14. The van der Waals surface area contributed by atoms with Gasteiger partial charge in [-0.1, -0.05) is 36.4 Å². The van der Waals surface area contributed by atoms with Crippen LogP contribution in [-0.4, -0.2) is 8.42 Å². The maximum Gasteiger partial charge on any atom is 0.296 e. The van der Waals surface area contributed by atoms with Crippen LogP contribution in [0.4, 0.5) is 5.69 Å². The van der Waals surface area contributed by atoms with Gasteiger partial charge in [0.2, 0.25) is 0 Å². The molecule has 2 aromatic rings. The first-order chi connectivity index (χ1) is 9.01. The molecule has 2 aromatic carbocycles. The lowest BCUT2D eigenvalue weighted by atomic mass is 9.99. The minimum Gasteiger partial charge on any atom is -0.271 e. The van der Waals surface area contributed by atoms with Crippen LogP contribution in [0.15, 0.2) is 48.5 Å². The molecule has 0 heterocycles. The summed E-state index contributed by atoms with van der Waals surface area (Å²) in [6, 6.07) is 15.8. The third kappa shape index (κ3) is 3.10. The van der Waals surface area contributed by atoms with Crippen LogP contribution in [0.2, 0.25) is 0 Å². The van der Waals surface area contributed by atoms with Crippen LogP contribution in [0.3, 0.4) is 0 Å². The van der Waals surface area contributed by atoms with Crippen molar-refractivity contribution in [1.29, 1.82) is 5.26 Å². The summed E-state index contributed by atoms with van der Waals surface area (Å²) in [6.45, 7) is 0. The molecule has 0 unspecified atom stereocenters. The number of nitriles is 1. The first kappa shape index (κ1) is 13.1. The largest absolute Gasteiger partial charge is 0.296 e. The summed E-state index contributed by atoms with van der Waals surface area (Å²) in [6.07, 6.45) is 0. The monoisotopic (exact) mass is 273 g/mol. The van der Waals surface area contributed by atoms with Gasteiger partial charge in [-0.25, -0.2) is 5.14 Å². The minimum absolute atomic E-state index is 0.340. The van der Waals surface area contributed by atoms with Crippen molar-refractivity contribution in [3.8, 4) is 17.2 Å². The molecule has 0 spiro atoms. The molecule has 2 rings (SSSR count). The van der Waals surface area contributed by atoms with Crippen LogP contribution in [-0.2, 0) is 10.2 Å². The predicted octanol–water partition coefficient (Wildman–Crippen LogP) is 1.84. The Morgan fingerprint density at radius 3 is 2.21 bits per heavy atom. The highest BCUT2D eigenvalue weighted by Crippen LogP contribution is 2.30. The molecule has 0 amide bonds. The third-order valence-corrected chi connectivity index (χ3v) is 3.02. The first-order valence-electron chi connectivity index (χ1n) is 5.40. The Morgan fingerprint density at radius 2 is 1.58 bits per heavy atom. The van der Waals surface area contributed by atoms with Crippen LogP contribution < -0.4 is 9.86 Å². The standard InChI is InChI=1S/C13H11N3O2S/c14-9-10-5-1-2-6-11(10)12-7-3-4-8-13(12)16-19(15,17)18/h1-8,16H,(H2,15,17,18). The molecule has 6 heteroatoms. The van der Waals surface area contributed by atoms with Gasteiger partial charge in [-0.3, -0.25) is 4.72 Å². The van der Waals surface area contributed by atoms with Gasteiger partial charge in [0.05, 0.1) is 17.3 Å². The van der Waals surface area contributed by atoms with Crippen molar-refractivity contribution < 1.29 is 8.42 Å². The lowest BCUT2D eigenvalue weighted by molar-refractivity contribution is 0.603. The zero-order valence-corrected chi connectivity index (χ0v) is 10.7. The Balaban J connectivity index is 2.61. The number of nitrogens with one attached hydrogen (secondary N) is 1. The molecule has 5 nitrogen and oxygen atoms in total. The number of hydrogen-bond donors (Lipinski definition) is 2. The van der Waals surface area contributed by atoms with Gasteiger partial charge in [-0.2, -0.15) is 13.7 Å². The zero-order chi connectivity index (χ0) is 13.9. The zero-order valence-electron chi connectivity index (χ0n) is 9.87. The molecule has 0 radical (unpaired) electrons. The highest BCUT2D eigenvalue weighted by Gasteiger charge is 2.11. The van der Waals surface area contributed by atoms with Crippen LogP contribution >= 0.6 is 0 Å². The highest BCUT2D eigenvalue weighted by atomic mass is 32.2. The molecule has 0 aliphatic rings. The van der Waals surface area contributed by atoms with Crippen LogP contribution in [0, 0.1) is 11.3 Å². The maximum atomic E-state index is 11.1. The molecule has 0 bridgehead atoms. The van der Waals surface area contributed by atoms with E-state index in [2.05, 4.69) is 10.8 Å². The van der Waals surface area contributed by atoms with E-state index in [4.69, 9.17) is 10.4 Å². The topological polar surface area (TPSA) is 96.0 Å². The van der Waals surface area contributed by atoms with E-state index in [-0.39, 0.29) is 0 Å². The summed E-state index contributed by atoms with van der Waals surface area (Å²) in [5, 5.41) is 14.1. The van der Waals surface area contributed by atoms with Gasteiger partial charge in [0, 0.05) is 11.1 Å². The predicted molar refractivity (Wildman–Crippen MR) is 73.3 cm³/mol. The number of para-hydroxylation sites is 1. The molecule has 0 saturated carbocycles. The van der Waals surface area contributed by atoms with Gasteiger partial charge in [0.1, 0.15) is 0 Å². The molecule has 3 N–H and O–H groups in total. The fraction of sp³-hybridized carbons (Fsp3) is 0. The average molecular weight is 273 g/mol. The van der Waals surface area contributed by atoms with Gasteiger partial charge in [0.25, 0.3) is 10.2 Å². The number of anilines is 1. The molecular weight excluding hydrogens is 262 g/mol. The fourth-order valence-corrected chi connectivity index (χ4v) is 2.26. The van der Waals surface area contributed by atoms with Crippen LogP contribution in [0.1, 0.15) is 5.56 Å². The SMILES string of the molecule is N#Cc1ccccc1-c1ccccc1NS(N)(=O)=O. The third-order valence-electron chi connectivity index (χ3n) is 2.52. The Labute approximate surface area is 111 Å². The Kier molecular flexibility index (Phi) is 3.51. The lowest BCUT2D eigenvalue weighted by Crippen LogP contribution is -2.22. The number of hydrogen-bond acceptors (Lipinski definition) is 3. The van der Waals surface area contributed by atoms with E-state index in [0.717, 1.165) is 0 Å². The number of benzene rings is 2. The van der Waals surface area contributed by atoms with Crippen molar-refractivity contribution in [2.75, 3.05) is 4.72 Å². The first-order valence-corrected chi connectivity index (χ1v) is 6.95. The summed E-state index contributed by atoms with van der Waals surface area (Å²) in [7, 11) is -3.86. The van der Waals surface area contributed by atoms with E-state index < -0.39 is 10.2 Å². The normalized spacial score (nSPS) is 10.7. The quantitative estimate of drug-likeness (QED) is 0.893. The van der Waals surface area contributed by atoms with E-state index in [9.17, 15) is 8.42 Å². The fourth-order valence-electron chi connectivity index (χ4n) is 1.78. The van der Waals surface area contributed by atoms with Crippen LogP contribution in [0.25, 0.3) is 11.1 Å². The smallest absolute Gasteiger partial charge is 0.271 e. The molecule has 0 aromatic heterocycles. The van der Waals surface area contributed by atoms with Crippen molar-refractivity contribution in [2.45, 2.75) is 0 Å². The van der Waals surface area contributed by atoms with E-state index in [1.54, 1.807) is 48.5 Å². The molecule has 0 aliphatic carbocycles. The van der Waals surface area contributed by atoms with E-state index in [1.165, 1.54) is 0 Å². The van der Waals surface area contributed by atoms with Crippen molar-refractivity contribution in [1.82, 2.24) is 0 Å². The molecule has 96 valence electrons. The van der Waals surface area contributed by atoms with Gasteiger partial charge >= 0.3 is 0 Å². The van der Waals surface area contributed by atoms with Gasteiger partial charge in [-0.05, 0) is 12.1 Å². The highest BCUT2D eigenvalue weighted by molar-refractivity contribution is 7.90. The van der Waals surface area contributed by atoms with Gasteiger partial charge < -0.3 is 0 Å².